The van der Waals surface area contributed by atoms with Crippen LogP contribution in [0.25, 0.3) is 0 Å². The van der Waals surface area contributed by atoms with Crippen molar-refractivity contribution in [3.8, 4) is 0 Å². The van der Waals surface area contributed by atoms with Crippen molar-refractivity contribution in [1.29, 1.82) is 0 Å². The molecule has 26 heavy (non-hydrogen) atoms. The lowest BCUT2D eigenvalue weighted by Gasteiger charge is -2.14. The van der Waals surface area contributed by atoms with Crippen molar-refractivity contribution in [2.24, 2.45) is 4.99 Å². The molecule has 1 fully saturated rings. The SMILES string of the molecule is CN1C(=O)C(=C2Sc3ccccc3N2C)SC1=NCCc1ccccc1. The Morgan fingerprint density at radius 2 is 1.65 bits per heavy atom. The Balaban J connectivity index is 1.53. The number of carbonyl (C=O) groups is 1. The number of amidine groups is 1. The third-order valence-corrected chi connectivity index (χ3v) is 6.92. The van der Waals surface area contributed by atoms with Crippen LogP contribution >= 0.6 is 23.5 Å². The zero-order chi connectivity index (χ0) is 18.1. The summed E-state index contributed by atoms with van der Waals surface area (Å²) in [7, 11) is 3.82. The van der Waals surface area contributed by atoms with Gasteiger partial charge in [-0.2, -0.15) is 0 Å². The Hall–Kier alpha value is -2.18. The van der Waals surface area contributed by atoms with Gasteiger partial charge in [-0.3, -0.25) is 14.7 Å². The number of amides is 1. The van der Waals surface area contributed by atoms with Gasteiger partial charge in [-0.25, -0.2) is 0 Å². The number of likely N-dealkylation sites (N-methyl/N-ethyl adjacent to an activating group) is 1. The van der Waals surface area contributed by atoms with Crippen LogP contribution in [-0.4, -0.2) is 36.6 Å². The molecule has 0 saturated carbocycles. The number of thioether (sulfide) groups is 2. The van der Waals surface area contributed by atoms with E-state index in [9.17, 15) is 4.79 Å². The summed E-state index contributed by atoms with van der Waals surface area (Å²) in [4.78, 5) is 23.1. The lowest BCUT2D eigenvalue weighted by atomic mass is 10.2. The normalized spacial score (nSPS) is 21.0. The van der Waals surface area contributed by atoms with Crippen LogP contribution < -0.4 is 4.90 Å². The summed E-state index contributed by atoms with van der Waals surface area (Å²) in [5.74, 6) is 0.0237. The van der Waals surface area contributed by atoms with Crippen LogP contribution in [0.5, 0.6) is 0 Å². The third kappa shape index (κ3) is 3.15. The van der Waals surface area contributed by atoms with E-state index in [0.717, 1.165) is 27.2 Å². The van der Waals surface area contributed by atoms with Crippen molar-refractivity contribution < 1.29 is 4.79 Å². The van der Waals surface area contributed by atoms with Crippen LogP contribution in [0.1, 0.15) is 5.56 Å². The van der Waals surface area contributed by atoms with E-state index in [1.54, 1.807) is 23.7 Å². The number of hydrogen-bond donors (Lipinski definition) is 0. The fourth-order valence-electron chi connectivity index (χ4n) is 2.94. The number of hydrogen-bond acceptors (Lipinski definition) is 5. The van der Waals surface area contributed by atoms with Crippen LogP contribution in [0.4, 0.5) is 5.69 Å². The Kier molecular flexibility index (Phi) is 4.78. The Bertz CT molecular complexity index is 908. The number of benzene rings is 2. The van der Waals surface area contributed by atoms with Gasteiger partial charge in [0.05, 0.1) is 10.7 Å². The van der Waals surface area contributed by atoms with Gasteiger partial charge in [0, 0.05) is 25.5 Å². The van der Waals surface area contributed by atoms with E-state index >= 15 is 0 Å². The molecule has 4 rings (SSSR count). The van der Waals surface area contributed by atoms with Crippen LogP contribution in [0.2, 0.25) is 0 Å². The van der Waals surface area contributed by atoms with Gasteiger partial charge in [0.1, 0.15) is 4.91 Å². The highest BCUT2D eigenvalue weighted by atomic mass is 32.2. The first-order valence-electron chi connectivity index (χ1n) is 8.44. The number of fused-ring (bicyclic) bond motifs is 1. The molecule has 0 aromatic heterocycles. The molecule has 2 aromatic rings. The van der Waals surface area contributed by atoms with Crippen molar-refractivity contribution in [3.05, 3.63) is 70.1 Å². The summed E-state index contributed by atoms with van der Waals surface area (Å²) in [6.45, 7) is 0.676. The molecule has 0 radical (unpaired) electrons. The van der Waals surface area contributed by atoms with Gasteiger partial charge in [0.15, 0.2) is 5.17 Å². The van der Waals surface area contributed by atoms with E-state index in [4.69, 9.17) is 0 Å². The minimum absolute atomic E-state index is 0.0237. The molecule has 1 amide bonds. The number of anilines is 1. The average molecular weight is 382 g/mol. The van der Waals surface area contributed by atoms with Gasteiger partial charge in [0.2, 0.25) is 0 Å². The molecule has 0 N–H and O–H groups in total. The van der Waals surface area contributed by atoms with Crippen LogP contribution in [0.15, 0.2) is 74.4 Å². The summed E-state index contributed by atoms with van der Waals surface area (Å²) < 4.78 is 0. The molecule has 6 heteroatoms. The molecule has 0 atom stereocenters. The minimum atomic E-state index is 0.0237. The first-order chi connectivity index (χ1) is 12.6. The fraction of sp³-hybridized carbons (Fsp3) is 0.200. The third-order valence-electron chi connectivity index (χ3n) is 4.40. The second kappa shape index (κ2) is 7.21. The lowest BCUT2D eigenvalue weighted by molar-refractivity contribution is -0.121. The molecule has 2 aliphatic heterocycles. The molecule has 4 nitrogen and oxygen atoms in total. The summed E-state index contributed by atoms with van der Waals surface area (Å²) in [5, 5.41) is 1.76. The Morgan fingerprint density at radius 1 is 0.923 bits per heavy atom. The molecule has 0 bridgehead atoms. The number of nitrogens with zero attached hydrogens (tertiary/aromatic N) is 3. The van der Waals surface area contributed by atoms with E-state index in [-0.39, 0.29) is 5.91 Å². The molecular formula is C20H19N3OS2. The van der Waals surface area contributed by atoms with Gasteiger partial charge >= 0.3 is 0 Å². The van der Waals surface area contributed by atoms with E-state index in [1.807, 2.05) is 37.4 Å². The fourth-order valence-corrected chi connectivity index (χ4v) is 5.28. The summed E-state index contributed by atoms with van der Waals surface area (Å²) in [5.41, 5.74) is 2.40. The van der Waals surface area contributed by atoms with Crippen LogP contribution in [0, 0.1) is 0 Å². The highest BCUT2D eigenvalue weighted by molar-refractivity contribution is 8.19. The maximum Gasteiger partial charge on any atom is 0.269 e. The van der Waals surface area contributed by atoms with Gasteiger partial charge in [-0.1, -0.05) is 54.2 Å². The molecule has 1 saturated heterocycles. The topological polar surface area (TPSA) is 35.9 Å². The summed E-state index contributed by atoms with van der Waals surface area (Å²) >= 11 is 3.13. The molecule has 2 aromatic carbocycles. The predicted octanol–water partition coefficient (Wildman–Crippen LogP) is 4.20. The average Bonchev–Trinajstić information content (AvgIpc) is 3.14. The zero-order valence-corrected chi connectivity index (χ0v) is 16.3. The lowest BCUT2D eigenvalue weighted by Crippen LogP contribution is -2.25. The Labute approximate surface area is 162 Å². The van der Waals surface area contributed by atoms with Crippen molar-refractivity contribution in [2.45, 2.75) is 11.3 Å². The second-order valence-corrected chi connectivity index (χ2v) is 8.14. The van der Waals surface area contributed by atoms with E-state index < -0.39 is 0 Å². The molecule has 0 aliphatic carbocycles. The molecule has 0 spiro atoms. The first kappa shape index (κ1) is 17.2. The van der Waals surface area contributed by atoms with E-state index in [0.29, 0.717) is 6.54 Å². The standard InChI is InChI=1S/C20H19N3OS2/c1-22-15-10-6-7-11-16(15)25-19(22)17-18(24)23(2)20(26-17)21-13-12-14-8-4-3-5-9-14/h3-11H,12-13H2,1-2H3. The maximum atomic E-state index is 12.8. The van der Waals surface area contributed by atoms with E-state index in [2.05, 4.69) is 34.2 Å². The molecule has 0 unspecified atom stereocenters. The van der Waals surface area contributed by atoms with Gasteiger partial charge in [-0.05, 0) is 35.9 Å². The van der Waals surface area contributed by atoms with Crippen LogP contribution in [-0.2, 0) is 11.2 Å². The minimum Gasteiger partial charge on any atom is -0.337 e. The number of aliphatic imine (C=N–C) groups is 1. The van der Waals surface area contributed by atoms with Crippen molar-refractivity contribution in [1.82, 2.24) is 4.90 Å². The monoisotopic (exact) mass is 381 g/mol. The molecular weight excluding hydrogens is 362 g/mol. The molecule has 132 valence electrons. The summed E-state index contributed by atoms with van der Waals surface area (Å²) in [6.07, 6.45) is 0.874. The largest absolute Gasteiger partial charge is 0.337 e. The first-order valence-corrected chi connectivity index (χ1v) is 10.1. The van der Waals surface area contributed by atoms with Crippen molar-refractivity contribution in [3.63, 3.8) is 0 Å². The smallest absolute Gasteiger partial charge is 0.269 e. The van der Waals surface area contributed by atoms with Gasteiger partial charge < -0.3 is 4.90 Å². The Morgan fingerprint density at radius 3 is 2.42 bits per heavy atom. The van der Waals surface area contributed by atoms with Gasteiger partial charge in [-0.15, -0.1) is 0 Å². The van der Waals surface area contributed by atoms with Crippen LogP contribution in [0.3, 0.4) is 0 Å². The molecule has 2 aliphatic rings. The molecule has 2 heterocycles. The summed E-state index contributed by atoms with van der Waals surface area (Å²) in [6, 6.07) is 18.5. The van der Waals surface area contributed by atoms with E-state index in [1.165, 1.54) is 22.2 Å². The predicted molar refractivity (Wildman–Crippen MR) is 111 cm³/mol. The highest BCUT2D eigenvalue weighted by Crippen LogP contribution is 2.49. The zero-order valence-electron chi connectivity index (χ0n) is 14.7. The van der Waals surface area contributed by atoms with Crippen molar-refractivity contribution >= 4 is 40.3 Å². The van der Waals surface area contributed by atoms with Crippen molar-refractivity contribution in [2.75, 3.05) is 25.5 Å². The number of carbonyl (C=O) groups excluding carboxylic acids is 1. The number of para-hydroxylation sites is 1. The number of rotatable bonds is 3. The maximum absolute atomic E-state index is 12.8. The highest BCUT2D eigenvalue weighted by Gasteiger charge is 2.36. The second-order valence-electron chi connectivity index (χ2n) is 6.13. The quantitative estimate of drug-likeness (QED) is 0.747. The van der Waals surface area contributed by atoms with Gasteiger partial charge in [0.25, 0.3) is 5.91 Å².